The second-order valence-electron chi connectivity index (χ2n) is 5.30. The highest BCUT2D eigenvalue weighted by atomic mass is 16.4. The number of rotatable bonds is 4. The highest BCUT2D eigenvalue weighted by Crippen LogP contribution is 2.13. The van der Waals surface area contributed by atoms with E-state index in [9.17, 15) is 4.79 Å². The number of aromatic nitrogens is 3. The first-order chi connectivity index (χ1) is 11.1. The Kier molecular flexibility index (Phi) is 4.14. The van der Waals surface area contributed by atoms with Gasteiger partial charge < -0.3 is 9.73 Å². The quantitative estimate of drug-likeness (QED) is 0.801. The zero-order valence-corrected chi connectivity index (χ0v) is 12.9. The van der Waals surface area contributed by atoms with Crippen LogP contribution in [0.2, 0.25) is 0 Å². The molecule has 2 aromatic heterocycles. The molecule has 1 aromatic carbocycles. The summed E-state index contributed by atoms with van der Waals surface area (Å²) in [5.41, 5.74) is 3.53. The molecule has 1 N–H and O–H groups in total. The topological polar surface area (TPSA) is 80.9 Å². The van der Waals surface area contributed by atoms with E-state index in [1.54, 1.807) is 19.2 Å². The van der Waals surface area contributed by atoms with Crippen LogP contribution >= 0.6 is 0 Å². The Hall–Kier alpha value is -3.02. The summed E-state index contributed by atoms with van der Waals surface area (Å²) in [6.45, 7) is 3.70. The molecule has 0 bridgehead atoms. The molecular formula is C17H16N4O2. The van der Waals surface area contributed by atoms with Gasteiger partial charge >= 0.3 is 11.8 Å². The Labute approximate surface area is 133 Å². The van der Waals surface area contributed by atoms with Crippen molar-refractivity contribution >= 4 is 11.7 Å². The van der Waals surface area contributed by atoms with Crippen LogP contribution in [0.1, 0.15) is 33.3 Å². The summed E-state index contributed by atoms with van der Waals surface area (Å²) in [6, 6.07) is 12.0. The van der Waals surface area contributed by atoms with Crippen LogP contribution < -0.4 is 5.32 Å². The average molecular weight is 308 g/mol. The van der Waals surface area contributed by atoms with Crippen molar-refractivity contribution < 1.29 is 9.21 Å². The number of carbonyl (C=O) groups excluding carboxylic acids is 1. The van der Waals surface area contributed by atoms with Gasteiger partial charge in [0.25, 0.3) is 0 Å². The van der Waals surface area contributed by atoms with Gasteiger partial charge in [0.05, 0.1) is 0 Å². The fourth-order valence-corrected chi connectivity index (χ4v) is 2.22. The molecule has 6 heteroatoms. The molecule has 0 fully saturated rings. The maximum absolute atomic E-state index is 11.9. The van der Waals surface area contributed by atoms with Crippen LogP contribution in [0.3, 0.4) is 0 Å². The van der Waals surface area contributed by atoms with Gasteiger partial charge in [-0.15, -0.1) is 10.2 Å². The predicted molar refractivity (Wildman–Crippen MR) is 85.2 cm³/mol. The lowest BCUT2D eigenvalue weighted by Gasteiger charge is -2.05. The summed E-state index contributed by atoms with van der Waals surface area (Å²) < 4.78 is 5.07. The van der Waals surface area contributed by atoms with E-state index in [-0.39, 0.29) is 5.89 Å². The van der Waals surface area contributed by atoms with E-state index in [0.29, 0.717) is 11.7 Å². The van der Waals surface area contributed by atoms with Gasteiger partial charge in [0.2, 0.25) is 5.89 Å². The number of benzene rings is 1. The lowest BCUT2D eigenvalue weighted by atomic mass is 10.0. The molecule has 0 aliphatic heterocycles. The van der Waals surface area contributed by atoms with Crippen LogP contribution in [0.5, 0.6) is 0 Å². The molecule has 116 valence electrons. The molecule has 0 saturated carbocycles. The highest BCUT2D eigenvalue weighted by Gasteiger charge is 2.13. The lowest BCUT2D eigenvalue weighted by molar-refractivity contribution is 0.0988. The van der Waals surface area contributed by atoms with Crippen molar-refractivity contribution in [2.45, 2.75) is 20.3 Å². The average Bonchev–Trinajstić information content (AvgIpc) is 2.96. The molecule has 2 heterocycles. The summed E-state index contributed by atoms with van der Waals surface area (Å²) >= 11 is 0. The number of hydrogen-bond donors (Lipinski definition) is 1. The minimum Gasteiger partial charge on any atom is -0.417 e. The largest absolute Gasteiger partial charge is 0.417 e. The Morgan fingerprint density at radius 3 is 2.65 bits per heavy atom. The van der Waals surface area contributed by atoms with Gasteiger partial charge in [-0.1, -0.05) is 35.9 Å². The van der Waals surface area contributed by atoms with Gasteiger partial charge in [-0.3, -0.25) is 4.79 Å². The molecule has 0 spiro atoms. The summed E-state index contributed by atoms with van der Waals surface area (Å²) in [6.07, 6.45) is 2.54. The van der Waals surface area contributed by atoms with E-state index in [1.807, 2.05) is 12.1 Å². The first-order valence-electron chi connectivity index (χ1n) is 7.22. The predicted octanol–water partition coefficient (Wildman–Crippen LogP) is 2.92. The summed E-state index contributed by atoms with van der Waals surface area (Å²) in [4.78, 5) is 16.1. The Balaban J connectivity index is 1.66. The SMILES string of the molecule is Cc1cccc(Cc2ccc(NC(=O)c3nnc(C)o3)nc2)c1. The number of carbonyl (C=O) groups is 1. The molecule has 0 aliphatic carbocycles. The molecule has 0 radical (unpaired) electrons. The van der Waals surface area contributed by atoms with Crippen molar-refractivity contribution in [2.75, 3.05) is 5.32 Å². The van der Waals surface area contributed by atoms with Crippen molar-refractivity contribution in [2.24, 2.45) is 0 Å². The highest BCUT2D eigenvalue weighted by molar-refractivity contribution is 6.00. The second-order valence-corrected chi connectivity index (χ2v) is 5.30. The second kappa shape index (κ2) is 6.39. The number of anilines is 1. The van der Waals surface area contributed by atoms with Crippen LogP contribution in [-0.2, 0) is 6.42 Å². The Morgan fingerprint density at radius 2 is 2.00 bits per heavy atom. The van der Waals surface area contributed by atoms with E-state index in [4.69, 9.17) is 4.42 Å². The molecule has 23 heavy (non-hydrogen) atoms. The van der Waals surface area contributed by atoms with E-state index >= 15 is 0 Å². The van der Waals surface area contributed by atoms with E-state index < -0.39 is 5.91 Å². The van der Waals surface area contributed by atoms with Crippen LogP contribution in [0.25, 0.3) is 0 Å². The molecule has 0 atom stereocenters. The third kappa shape index (κ3) is 3.79. The molecular weight excluding hydrogens is 292 g/mol. The van der Waals surface area contributed by atoms with Gasteiger partial charge in [0.1, 0.15) is 5.82 Å². The first kappa shape index (κ1) is 14.9. The summed E-state index contributed by atoms with van der Waals surface area (Å²) in [5.74, 6) is 0.244. The van der Waals surface area contributed by atoms with Crippen LogP contribution in [-0.4, -0.2) is 21.1 Å². The Morgan fingerprint density at radius 1 is 1.13 bits per heavy atom. The number of nitrogens with zero attached hydrogens (tertiary/aromatic N) is 3. The fraction of sp³-hybridized carbons (Fsp3) is 0.176. The zero-order valence-electron chi connectivity index (χ0n) is 12.9. The first-order valence-corrected chi connectivity index (χ1v) is 7.22. The van der Waals surface area contributed by atoms with E-state index in [2.05, 4.69) is 45.6 Å². The monoisotopic (exact) mass is 308 g/mol. The molecule has 0 unspecified atom stereocenters. The maximum atomic E-state index is 11.9. The van der Waals surface area contributed by atoms with E-state index in [0.717, 1.165) is 12.0 Å². The van der Waals surface area contributed by atoms with Gasteiger partial charge in [-0.05, 0) is 30.5 Å². The summed E-state index contributed by atoms with van der Waals surface area (Å²) in [7, 11) is 0. The van der Waals surface area contributed by atoms with Gasteiger partial charge in [-0.25, -0.2) is 4.98 Å². The van der Waals surface area contributed by atoms with Crippen LogP contribution in [0, 0.1) is 13.8 Å². The van der Waals surface area contributed by atoms with Gasteiger partial charge in [0, 0.05) is 13.1 Å². The number of nitrogens with one attached hydrogen (secondary N) is 1. The van der Waals surface area contributed by atoms with Crippen molar-refractivity contribution in [1.82, 2.24) is 15.2 Å². The maximum Gasteiger partial charge on any atom is 0.314 e. The van der Waals surface area contributed by atoms with Crippen molar-refractivity contribution in [3.63, 3.8) is 0 Å². The van der Waals surface area contributed by atoms with E-state index in [1.165, 1.54) is 11.1 Å². The number of amides is 1. The van der Waals surface area contributed by atoms with Gasteiger partial charge in [-0.2, -0.15) is 0 Å². The molecule has 1 amide bonds. The van der Waals surface area contributed by atoms with Crippen molar-refractivity contribution in [3.8, 4) is 0 Å². The third-order valence-corrected chi connectivity index (χ3v) is 3.28. The number of pyridine rings is 1. The third-order valence-electron chi connectivity index (χ3n) is 3.28. The zero-order chi connectivity index (χ0) is 16.2. The van der Waals surface area contributed by atoms with Crippen LogP contribution in [0.4, 0.5) is 5.82 Å². The minimum atomic E-state index is -0.468. The standard InChI is InChI=1S/C17H16N4O2/c1-11-4-3-5-13(8-11)9-14-6-7-15(18-10-14)19-16(22)17-21-20-12(2)23-17/h3-8,10H,9H2,1-2H3,(H,18,19,22). The molecule has 0 saturated heterocycles. The van der Waals surface area contributed by atoms with Crippen LogP contribution in [0.15, 0.2) is 47.0 Å². The fourth-order valence-electron chi connectivity index (χ4n) is 2.22. The number of hydrogen-bond acceptors (Lipinski definition) is 5. The minimum absolute atomic E-state index is 0.0758. The summed E-state index contributed by atoms with van der Waals surface area (Å²) in [5, 5.41) is 9.91. The van der Waals surface area contributed by atoms with Crippen molar-refractivity contribution in [3.05, 3.63) is 71.1 Å². The molecule has 6 nitrogen and oxygen atoms in total. The smallest absolute Gasteiger partial charge is 0.314 e. The molecule has 3 aromatic rings. The Bertz CT molecular complexity index is 825. The lowest BCUT2D eigenvalue weighted by Crippen LogP contribution is -2.13. The molecule has 3 rings (SSSR count). The molecule has 0 aliphatic rings. The van der Waals surface area contributed by atoms with Crippen molar-refractivity contribution in [1.29, 1.82) is 0 Å². The number of aryl methyl sites for hydroxylation is 2. The van der Waals surface area contributed by atoms with Gasteiger partial charge in [0.15, 0.2) is 0 Å². The normalized spacial score (nSPS) is 10.5.